The summed E-state index contributed by atoms with van der Waals surface area (Å²) in [5.41, 5.74) is 0.622. The number of nitrogens with zero attached hydrogens (tertiary/aromatic N) is 2. The zero-order chi connectivity index (χ0) is 15.7. The Labute approximate surface area is 143 Å². The van der Waals surface area contributed by atoms with Crippen LogP contribution in [-0.4, -0.2) is 62.9 Å². The van der Waals surface area contributed by atoms with Crippen LogP contribution in [0.3, 0.4) is 0 Å². The minimum Gasteiger partial charge on any atom is -0.314 e. The largest absolute Gasteiger partial charge is 0.314 e. The molecule has 2 aliphatic heterocycles. The van der Waals surface area contributed by atoms with Gasteiger partial charge in [0.1, 0.15) is 5.82 Å². The van der Waals surface area contributed by atoms with Gasteiger partial charge in [-0.05, 0) is 37.1 Å². The normalized spacial score (nSPS) is 23.7. The Balaban J connectivity index is 0.00000192. The van der Waals surface area contributed by atoms with E-state index in [1.54, 1.807) is 6.92 Å². The summed E-state index contributed by atoms with van der Waals surface area (Å²) in [6, 6.07) is 4.26. The third-order valence-electron chi connectivity index (χ3n) is 4.45. The lowest BCUT2D eigenvalue weighted by Crippen LogP contribution is -2.49. The lowest BCUT2D eigenvalue weighted by molar-refractivity contribution is 0.179. The van der Waals surface area contributed by atoms with E-state index >= 15 is 0 Å². The van der Waals surface area contributed by atoms with Gasteiger partial charge in [-0.2, -0.15) is 4.31 Å². The Morgan fingerprint density at radius 2 is 1.87 bits per heavy atom. The maximum Gasteiger partial charge on any atom is 0.243 e. The lowest BCUT2D eigenvalue weighted by Gasteiger charge is -2.32. The second-order valence-corrected chi connectivity index (χ2v) is 7.99. The molecule has 8 heteroatoms. The van der Waals surface area contributed by atoms with E-state index in [1.807, 2.05) is 0 Å². The van der Waals surface area contributed by atoms with E-state index in [0.29, 0.717) is 18.7 Å². The molecule has 2 aliphatic rings. The standard InChI is InChI=1S/C15H22FN3O2S.ClH/c1-12-8-13(16)10-15(9-12)22(20,21)19-5-2-14(11-19)18-6-3-17-4-7-18;/h8-10,14,17H,2-7,11H2,1H3;1H. The van der Waals surface area contributed by atoms with Crippen LogP contribution < -0.4 is 5.32 Å². The fourth-order valence-electron chi connectivity index (χ4n) is 3.28. The highest BCUT2D eigenvalue weighted by Crippen LogP contribution is 2.25. The van der Waals surface area contributed by atoms with Crippen molar-refractivity contribution in [2.45, 2.75) is 24.3 Å². The summed E-state index contributed by atoms with van der Waals surface area (Å²) in [5, 5.41) is 3.30. The number of halogens is 2. The summed E-state index contributed by atoms with van der Waals surface area (Å²) in [6.45, 7) is 6.52. The highest BCUT2D eigenvalue weighted by atomic mass is 35.5. The van der Waals surface area contributed by atoms with Crippen molar-refractivity contribution in [2.75, 3.05) is 39.3 Å². The summed E-state index contributed by atoms with van der Waals surface area (Å²) >= 11 is 0. The molecule has 2 heterocycles. The SMILES string of the molecule is Cc1cc(F)cc(S(=O)(=O)N2CCC(N3CCNCC3)C2)c1.Cl. The average molecular weight is 364 g/mol. The van der Waals surface area contributed by atoms with Crippen LogP contribution >= 0.6 is 12.4 Å². The molecule has 1 N–H and O–H groups in total. The third-order valence-corrected chi connectivity index (χ3v) is 6.29. The van der Waals surface area contributed by atoms with E-state index in [1.165, 1.54) is 16.4 Å². The van der Waals surface area contributed by atoms with E-state index in [2.05, 4.69) is 10.2 Å². The van der Waals surface area contributed by atoms with Gasteiger partial charge in [0.15, 0.2) is 0 Å². The Bertz CT molecular complexity index is 630. The highest BCUT2D eigenvalue weighted by molar-refractivity contribution is 7.89. The first-order chi connectivity index (χ1) is 10.5. The molecule has 1 unspecified atom stereocenters. The van der Waals surface area contributed by atoms with E-state index in [-0.39, 0.29) is 23.3 Å². The van der Waals surface area contributed by atoms with Gasteiger partial charge in [-0.25, -0.2) is 12.8 Å². The summed E-state index contributed by atoms with van der Waals surface area (Å²) in [6.07, 6.45) is 0.841. The maximum atomic E-state index is 13.5. The number of hydrogen-bond acceptors (Lipinski definition) is 4. The fraction of sp³-hybridized carbons (Fsp3) is 0.600. The summed E-state index contributed by atoms with van der Waals surface area (Å²) in [5.74, 6) is -0.503. The fourth-order valence-corrected chi connectivity index (χ4v) is 4.88. The van der Waals surface area contributed by atoms with Gasteiger partial charge in [-0.1, -0.05) is 0 Å². The Morgan fingerprint density at radius 3 is 2.52 bits per heavy atom. The van der Waals surface area contributed by atoms with Crippen molar-refractivity contribution in [3.05, 3.63) is 29.6 Å². The number of nitrogens with one attached hydrogen (secondary N) is 1. The van der Waals surface area contributed by atoms with Crippen LogP contribution in [0.25, 0.3) is 0 Å². The number of piperazine rings is 1. The Morgan fingerprint density at radius 1 is 1.17 bits per heavy atom. The molecule has 2 fully saturated rings. The van der Waals surface area contributed by atoms with Gasteiger partial charge in [0.05, 0.1) is 4.90 Å². The molecular formula is C15H23ClFN3O2S. The zero-order valence-corrected chi connectivity index (χ0v) is 14.8. The van der Waals surface area contributed by atoms with Gasteiger partial charge in [0.2, 0.25) is 10.0 Å². The summed E-state index contributed by atoms with van der Waals surface area (Å²) < 4.78 is 40.4. The minimum atomic E-state index is -3.60. The molecule has 5 nitrogen and oxygen atoms in total. The molecule has 130 valence electrons. The molecule has 3 rings (SSSR count). The lowest BCUT2D eigenvalue weighted by atomic mass is 10.2. The molecule has 0 aromatic heterocycles. The molecule has 0 saturated carbocycles. The van der Waals surface area contributed by atoms with Crippen LogP contribution in [0.4, 0.5) is 4.39 Å². The van der Waals surface area contributed by atoms with Crippen molar-refractivity contribution in [3.63, 3.8) is 0 Å². The summed E-state index contributed by atoms with van der Waals surface area (Å²) in [4.78, 5) is 2.41. The van der Waals surface area contributed by atoms with Gasteiger partial charge in [-0.3, -0.25) is 4.90 Å². The first-order valence-corrected chi connectivity index (χ1v) is 9.13. The van der Waals surface area contributed by atoms with E-state index in [9.17, 15) is 12.8 Å². The molecule has 1 aromatic rings. The monoisotopic (exact) mass is 363 g/mol. The predicted molar refractivity (Wildman–Crippen MR) is 90.0 cm³/mol. The Hall–Kier alpha value is -0.730. The predicted octanol–water partition coefficient (Wildman–Crippen LogP) is 1.22. The molecule has 2 saturated heterocycles. The third kappa shape index (κ3) is 4.03. The van der Waals surface area contributed by atoms with Crippen LogP contribution in [0.2, 0.25) is 0 Å². The van der Waals surface area contributed by atoms with Crippen molar-refractivity contribution in [1.82, 2.24) is 14.5 Å². The van der Waals surface area contributed by atoms with Gasteiger partial charge in [0.25, 0.3) is 0 Å². The van der Waals surface area contributed by atoms with E-state index < -0.39 is 15.8 Å². The van der Waals surface area contributed by atoms with Crippen molar-refractivity contribution in [3.8, 4) is 0 Å². The van der Waals surface area contributed by atoms with Crippen molar-refractivity contribution < 1.29 is 12.8 Å². The van der Waals surface area contributed by atoms with E-state index in [0.717, 1.165) is 38.7 Å². The van der Waals surface area contributed by atoms with E-state index in [4.69, 9.17) is 0 Å². The molecule has 0 amide bonds. The quantitative estimate of drug-likeness (QED) is 0.877. The zero-order valence-electron chi connectivity index (χ0n) is 13.2. The number of hydrogen-bond donors (Lipinski definition) is 1. The van der Waals surface area contributed by atoms with Crippen LogP contribution in [-0.2, 0) is 10.0 Å². The van der Waals surface area contributed by atoms with Gasteiger partial charge < -0.3 is 5.32 Å². The topological polar surface area (TPSA) is 52.7 Å². The minimum absolute atomic E-state index is 0. The second kappa shape index (κ2) is 7.44. The molecule has 0 spiro atoms. The Kier molecular flexibility index (Phi) is 6.02. The first-order valence-electron chi connectivity index (χ1n) is 7.69. The van der Waals surface area contributed by atoms with Crippen LogP contribution in [0.15, 0.2) is 23.1 Å². The van der Waals surface area contributed by atoms with Crippen LogP contribution in [0.1, 0.15) is 12.0 Å². The molecule has 0 aliphatic carbocycles. The van der Waals surface area contributed by atoms with Crippen molar-refractivity contribution >= 4 is 22.4 Å². The number of sulfonamides is 1. The van der Waals surface area contributed by atoms with Crippen molar-refractivity contribution in [2.24, 2.45) is 0 Å². The maximum absolute atomic E-state index is 13.5. The number of aryl methyl sites for hydroxylation is 1. The second-order valence-electron chi connectivity index (χ2n) is 6.06. The molecular weight excluding hydrogens is 341 g/mol. The van der Waals surface area contributed by atoms with Crippen LogP contribution in [0.5, 0.6) is 0 Å². The first kappa shape index (κ1) is 18.6. The highest BCUT2D eigenvalue weighted by Gasteiger charge is 2.35. The smallest absolute Gasteiger partial charge is 0.243 e. The molecule has 1 aromatic carbocycles. The summed E-state index contributed by atoms with van der Waals surface area (Å²) in [7, 11) is -3.60. The number of rotatable bonds is 3. The number of benzene rings is 1. The van der Waals surface area contributed by atoms with Crippen LogP contribution in [0, 0.1) is 12.7 Å². The molecule has 1 atom stereocenters. The van der Waals surface area contributed by atoms with Gasteiger partial charge in [-0.15, -0.1) is 12.4 Å². The molecule has 23 heavy (non-hydrogen) atoms. The van der Waals surface area contributed by atoms with Crippen molar-refractivity contribution in [1.29, 1.82) is 0 Å². The van der Waals surface area contributed by atoms with Gasteiger partial charge >= 0.3 is 0 Å². The molecule has 0 radical (unpaired) electrons. The molecule has 0 bridgehead atoms. The van der Waals surface area contributed by atoms with Gasteiger partial charge in [0, 0.05) is 45.3 Å². The average Bonchev–Trinajstić information content (AvgIpc) is 2.98.